The van der Waals surface area contributed by atoms with Crippen LogP contribution in [0.1, 0.15) is 12.0 Å². The van der Waals surface area contributed by atoms with Gasteiger partial charge in [0.1, 0.15) is 9.84 Å². The van der Waals surface area contributed by atoms with Crippen LogP contribution in [-0.2, 0) is 16.4 Å². The van der Waals surface area contributed by atoms with Gasteiger partial charge in [0.25, 0.3) is 0 Å². The van der Waals surface area contributed by atoms with Crippen molar-refractivity contribution in [3.63, 3.8) is 0 Å². The summed E-state index contributed by atoms with van der Waals surface area (Å²) in [5.41, 5.74) is 1.21. The van der Waals surface area contributed by atoms with Gasteiger partial charge in [-0.15, -0.1) is 0 Å². The van der Waals surface area contributed by atoms with E-state index in [1.165, 1.54) is 11.8 Å². The van der Waals surface area contributed by atoms with Gasteiger partial charge in [-0.2, -0.15) is 11.3 Å². The molecule has 18 heavy (non-hydrogen) atoms. The van der Waals surface area contributed by atoms with Crippen molar-refractivity contribution >= 4 is 27.1 Å². The summed E-state index contributed by atoms with van der Waals surface area (Å²) in [4.78, 5) is 4.07. The van der Waals surface area contributed by atoms with Crippen LogP contribution < -0.4 is 10.6 Å². The fraction of sp³-hybridized carbons (Fsp3) is 0.545. The molecule has 0 aromatic carbocycles. The van der Waals surface area contributed by atoms with Crippen molar-refractivity contribution in [1.82, 2.24) is 10.6 Å². The van der Waals surface area contributed by atoms with Crippen LogP contribution in [0.4, 0.5) is 0 Å². The van der Waals surface area contributed by atoms with Gasteiger partial charge in [0, 0.05) is 26.4 Å². The quantitative estimate of drug-likeness (QED) is 0.463. The molecule has 5 nitrogen and oxygen atoms in total. The topological polar surface area (TPSA) is 70.6 Å². The van der Waals surface area contributed by atoms with Gasteiger partial charge >= 0.3 is 0 Å². The van der Waals surface area contributed by atoms with Gasteiger partial charge in [-0.3, -0.25) is 4.99 Å². The minimum atomic E-state index is -2.88. The first-order valence-corrected chi connectivity index (χ1v) is 8.65. The highest BCUT2D eigenvalue weighted by molar-refractivity contribution is 7.90. The van der Waals surface area contributed by atoms with E-state index in [9.17, 15) is 8.42 Å². The number of aliphatic imine (C=N–C) groups is 1. The Hall–Kier alpha value is -1.08. The average Bonchev–Trinajstić information content (AvgIpc) is 2.79. The van der Waals surface area contributed by atoms with Crippen molar-refractivity contribution in [3.05, 3.63) is 22.4 Å². The summed E-state index contributed by atoms with van der Waals surface area (Å²) in [5.74, 6) is 0.885. The minimum Gasteiger partial charge on any atom is -0.356 e. The van der Waals surface area contributed by atoms with E-state index in [1.807, 2.05) is 5.38 Å². The Bertz CT molecular complexity index is 466. The smallest absolute Gasteiger partial charge is 0.191 e. The minimum absolute atomic E-state index is 0.196. The summed E-state index contributed by atoms with van der Waals surface area (Å²) in [7, 11) is -1.18. The van der Waals surface area contributed by atoms with Crippen LogP contribution >= 0.6 is 11.3 Å². The summed E-state index contributed by atoms with van der Waals surface area (Å²) in [6.45, 7) is 1.31. The number of sulfone groups is 1. The second-order valence-corrected chi connectivity index (χ2v) is 7.01. The van der Waals surface area contributed by atoms with Gasteiger partial charge < -0.3 is 10.6 Å². The lowest BCUT2D eigenvalue weighted by Crippen LogP contribution is -2.37. The third-order valence-electron chi connectivity index (χ3n) is 2.25. The summed E-state index contributed by atoms with van der Waals surface area (Å²) < 4.78 is 21.9. The zero-order chi connectivity index (χ0) is 13.4. The number of thiophene rings is 1. The molecule has 1 rings (SSSR count). The zero-order valence-corrected chi connectivity index (χ0v) is 12.3. The summed E-state index contributed by atoms with van der Waals surface area (Å²) in [6, 6.07) is 2.05. The Kier molecular flexibility index (Phi) is 6.14. The predicted molar refractivity (Wildman–Crippen MR) is 76.8 cm³/mol. The monoisotopic (exact) mass is 289 g/mol. The molecule has 0 unspecified atom stereocenters. The van der Waals surface area contributed by atoms with E-state index in [0.717, 1.165) is 6.54 Å². The number of rotatable bonds is 6. The Balaban J connectivity index is 2.22. The Morgan fingerprint density at radius 3 is 2.78 bits per heavy atom. The van der Waals surface area contributed by atoms with Gasteiger partial charge in [-0.1, -0.05) is 0 Å². The highest BCUT2D eigenvalue weighted by atomic mass is 32.2. The standard InChI is InChI=1S/C11H19N3O2S2/c1-12-11(13-5-3-7-18(2,15)16)14-8-10-4-6-17-9-10/h4,6,9H,3,5,7-8H2,1-2H3,(H2,12,13,14). The molecule has 1 aromatic rings. The van der Waals surface area contributed by atoms with Crippen LogP contribution in [0.5, 0.6) is 0 Å². The predicted octanol–water partition coefficient (Wildman–Crippen LogP) is 0.848. The molecule has 0 aliphatic heterocycles. The summed E-state index contributed by atoms with van der Waals surface area (Å²) >= 11 is 1.66. The molecule has 0 radical (unpaired) electrons. The molecule has 0 saturated heterocycles. The second kappa shape index (κ2) is 7.38. The third-order valence-corrected chi connectivity index (χ3v) is 4.01. The van der Waals surface area contributed by atoms with Gasteiger partial charge in [-0.05, 0) is 28.8 Å². The molecule has 102 valence electrons. The van der Waals surface area contributed by atoms with E-state index in [1.54, 1.807) is 18.4 Å². The lowest BCUT2D eigenvalue weighted by atomic mass is 10.3. The maximum atomic E-state index is 11.0. The second-order valence-electron chi connectivity index (χ2n) is 3.97. The van der Waals surface area contributed by atoms with Crippen LogP contribution in [0.3, 0.4) is 0 Å². The number of nitrogens with one attached hydrogen (secondary N) is 2. The summed E-state index contributed by atoms with van der Waals surface area (Å²) in [6.07, 6.45) is 1.83. The number of nitrogens with zero attached hydrogens (tertiary/aromatic N) is 1. The highest BCUT2D eigenvalue weighted by Crippen LogP contribution is 2.04. The largest absolute Gasteiger partial charge is 0.356 e. The van der Waals surface area contributed by atoms with Crippen LogP contribution in [0.2, 0.25) is 0 Å². The van der Waals surface area contributed by atoms with E-state index in [0.29, 0.717) is 18.9 Å². The number of guanidine groups is 1. The molecule has 0 spiro atoms. The van der Waals surface area contributed by atoms with E-state index in [-0.39, 0.29) is 5.75 Å². The number of hydrogen-bond donors (Lipinski definition) is 2. The average molecular weight is 289 g/mol. The first kappa shape index (κ1) is 15.0. The Morgan fingerprint density at radius 2 is 2.22 bits per heavy atom. The molecule has 0 aliphatic rings. The van der Waals surface area contributed by atoms with Gasteiger partial charge in [0.2, 0.25) is 0 Å². The molecule has 0 fully saturated rings. The first-order chi connectivity index (χ1) is 8.51. The van der Waals surface area contributed by atoms with Crippen molar-refractivity contribution in [2.45, 2.75) is 13.0 Å². The molecule has 0 aliphatic carbocycles. The Labute approximate surface area is 112 Å². The molecule has 0 atom stereocenters. The molecule has 0 bridgehead atoms. The van der Waals surface area contributed by atoms with E-state index >= 15 is 0 Å². The molecular weight excluding hydrogens is 270 g/mol. The lowest BCUT2D eigenvalue weighted by Gasteiger charge is -2.10. The van der Waals surface area contributed by atoms with Crippen molar-refractivity contribution < 1.29 is 8.42 Å². The first-order valence-electron chi connectivity index (χ1n) is 5.64. The van der Waals surface area contributed by atoms with Crippen LogP contribution in [0.15, 0.2) is 21.8 Å². The normalized spacial score (nSPS) is 12.4. The van der Waals surface area contributed by atoms with E-state index in [2.05, 4.69) is 27.1 Å². The van der Waals surface area contributed by atoms with Gasteiger partial charge in [0.05, 0.1) is 5.75 Å². The molecule has 1 heterocycles. The van der Waals surface area contributed by atoms with Crippen molar-refractivity contribution in [3.8, 4) is 0 Å². The van der Waals surface area contributed by atoms with Crippen molar-refractivity contribution in [2.24, 2.45) is 4.99 Å². The van der Waals surface area contributed by atoms with E-state index in [4.69, 9.17) is 0 Å². The van der Waals surface area contributed by atoms with Crippen LogP contribution in [0.25, 0.3) is 0 Å². The van der Waals surface area contributed by atoms with Crippen molar-refractivity contribution in [2.75, 3.05) is 25.6 Å². The molecule has 2 N–H and O–H groups in total. The maximum absolute atomic E-state index is 11.0. The zero-order valence-electron chi connectivity index (χ0n) is 10.6. The lowest BCUT2D eigenvalue weighted by molar-refractivity contribution is 0.598. The van der Waals surface area contributed by atoms with Crippen molar-refractivity contribution in [1.29, 1.82) is 0 Å². The molecule has 7 heteroatoms. The SMILES string of the molecule is CN=C(NCCCS(C)(=O)=O)NCc1ccsc1. The maximum Gasteiger partial charge on any atom is 0.191 e. The molecule has 0 saturated carbocycles. The molecule has 1 aromatic heterocycles. The fourth-order valence-electron chi connectivity index (χ4n) is 1.34. The van der Waals surface area contributed by atoms with Gasteiger partial charge in [-0.25, -0.2) is 8.42 Å². The highest BCUT2D eigenvalue weighted by Gasteiger charge is 2.02. The molecule has 0 amide bonds. The Morgan fingerprint density at radius 1 is 1.44 bits per heavy atom. The number of hydrogen-bond acceptors (Lipinski definition) is 4. The van der Waals surface area contributed by atoms with Crippen LogP contribution in [-0.4, -0.2) is 40.0 Å². The van der Waals surface area contributed by atoms with Crippen LogP contribution in [0, 0.1) is 0 Å². The third kappa shape index (κ3) is 6.61. The summed E-state index contributed by atoms with van der Waals surface area (Å²) in [5, 5.41) is 10.3. The fourth-order valence-corrected chi connectivity index (χ4v) is 2.68. The molecular formula is C11H19N3O2S2. The van der Waals surface area contributed by atoms with E-state index < -0.39 is 9.84 Å². The van der Waals surface area contributed by atoms with Gasteiger partial charge in [0.15, 0.2) is 5.96 Å².